The Morgan fingerprint density at radius 3 is 2.27 bits per heavy atom. The van der Waals surface area contributed by atoms with Crippen LogP contribution in [-0.2, 0) is 30.9 Å². The van der Waals surface area contributed by atoms with Gasteiger partial charge in [0.25, 0.3) is 15.7 Å². The summed E-state index contributed by atoms with van der Waals surface area (Å²) in [6.45, 7) is 2.33. The molecule has 0 aliphatic carbocycles. The van der Waals surface area contributed by atoms with Crippen LogP contribution in [0, 0.1) is 10.1 Å². The number of hydrogen-bond donors (Lipinski definition) is 0. The molecule has 0 spiro atoms. The Labute approximate surface area is 173 Å². The fourth-order valence-electron chi connectivity index (χ4n) is 2.54. The van der Waals surface area contributed by atoms with Crippen LogP contribution < -0.4 is 0 Å². The van der Waals surface area contributed by atoms with Crippen LogP contribution in [0.15, 0.2) is 59.5 Å². The van der Waals surface area contributed by atoms with Crippen molar-refractivity contribution in [2.24, 2.45) is 0 Å². The lowest BCUT2D eigenvalue weighted by atomic mass is 10.2. The number of benzene rings is 2. The topological polar surface area (TPSA) is 133 Å². The Bertz CT molecular complexity index is 1020. The van der Waals surface area contributed by atoms with Crippen LogP contribution in [0.2, 0.25) is 0 Å². The van der Waals surface area contributed by atoms with Crippen LogP contribution in [0.25, 0.3) is 0 Å². The van der Waals surface area contributed by atoms with Crippen molar-refractivity contribution >= 4 is 27.8 Å². The molecular formula is C19H20N2O8S. The van der Waals surface area contributed by atoms with E-state index >= 15 is 0 Å². The predicted octanol–water partition coefficient (Wildman–Crippen LogP) is 2.87. The van der Waals surface area contributed by atoms with Gasteiger partial charge in [-0.3, -0.25) is 10.1 Å². The number of carbonyl (C=O) groups is 2. The standard InChI is InChI=1S/C19H20N2O8S/c1-3-28-18(22)14(2)20(19(23)29-13-15-9-5-4-6-10-15)30(26,27)17-12-8-7-11-16(17)21(24)25/h4-12,14H,3,13H2,1-2H3/t14-/m1/s1. The van der Waals surface area contributed by atoms with Crippen LogP contribution in [0.4, 0.5) is 10.5 Å². The van der Waals surface area contributed by atoms with Crippen molar-refractivity contribution in [2.45, 2.75) is 31.4 Å². The maximum atomic E-state index is 13.2. The zero-order valence-electron chi connectivity index (χ0n) is 16.3. The van der Waals surface area contributed by atoms with E-state index in [1.165, 1.54) is 19.1 Å². The zero-order valence-corrected chi connectivity index (χ0v) is 17.1. The van der Waals surface area contributed by atoms with Gasteiger partial charge >= 0.3 is 12.1 Å². The normalized spacial score (nSPS) is 11.9. The van der Waals surface area contributed by atoms with E-state index in [1.807, 2.05) is 0 Å². The second-order valence-electron chi connectivity index (χ2n) is 5.99. The molecule has 0 saturated heterocycles. The first kappa shape index (κ1) is 22.8. The van der Waals surface area contributed by atoms with Crippen molar-refractivity contribution in [3.05, 3.63) is 70.3 Å². The second-order valence-corrected chi connectivity index (χ2v) is 7.78. The monoisotopic (exact) mass is 436 g/mol. The van der Waals surface area contributed by atoms with Gasteiger partial charge in [-0.15, -0.1) is 0 Å². The number of amides is 1. The van der Waals surface area contributed by atoms with Gasteiger partial charge in [-0.1, -0.05) is 42.5 Å². The molecule has 11 heteroatoms. The molecule has 0 fully saturated rings. The van der Waals surface area contributed by atoms with Gasteiger partial charge in [0, 0.05) is 6.07 Å². The minimum atomic E-state index is -4.83. The largest absolute Gasteiger partial charge is 0.464 e. The lowest BCUT2D eigenvalue weighted by Gasteiger charge is -2.26. The molecule has 2 aromatic rings. The number of ether oxygens (including phenoxy) is 2. The Hall–Kier alpha value is -3.47. The minimum Gasteiger partial charge on any atom is -0.464 e. The lowest BCUT2D eigenvalue weighted by Crippen LogP contribution is -2.48. The number of nitro groups is 1. The molecule has 2 aromatic carbocycles. The number of hydrogen-bond acceptors (Lipinski definition) is 8. The Kier molecular flexibility index (Phi) is 7.48. The van der Waals surface area contributed by atoms with E-state index < -0.39 is 43.6 Å². The molecule has 2 rings (SSSR count). The van der Waals surface area contributed by atoms with Crippen molar-refractivity contribution in [3.8, 4) is 0 Å². The number of para-hydroxylation sites is 1. The Morgan fingerprint density at radius 2 is 1.67 bits per heavy atom. The van der Waals surface area contributed by atoms with Crippen molar-refractivity contribution in [1.29, 1.82) is 0 Å². The van der Waals surface area contributed by atoms with Crippen molar-refractivity contribution in [1.82, 2.24) is 4.31 Å². The third kappa shape index (κ3) is 5.11. The summed E-state index contributed by atoms with van der Waals surface area (Å²) in [4.78, 5) is 34.6. The smallest absolute Gasteiger partial charge is 0.424 e. The number of carbonyl (C=O) groups excluding carboxylic acids is 2. The van der Waals surface area contributed by atoms with Crippen LogP contribution in [0.3, 0.4) is 0 Å². The predicted molar refractivity (Wildman–Crippen MR) is 105 cm³/mol. The maximum absolute atomic E-state index is 13.2. The Morgan fingerprint density at radius 1 is 1.07 bits per heavy atom. The van der Waals surface area contributed by atoms with E-state index in [4.69, 9.17) is 9.47 Å². The van der Waals surface area contributed by atoms with Gasteiger partial charge in [-0.25, -0.2) is 18.0 Å². The van der Waals surface area contributed by atoms with Crippen LogP contribution >= 0.6 is 0 Å². The molecule has 10 nitrogen and oxygen atoms in total. The van der Waals surface area contributed by atoms with Gasteiger partial charge < -0.3 is 9.47 Å². The lowest BCUT2D eigenvalue weighted by molar-refractivity contribution is -0.387. The third-order valence-corrected chi connectivity index (χ3v) is 5.85. The summed E-state index contributed by atoms with van der Waals surface area (Å²) in [7, 11) is -4.83. The molecule has 30 heavy (non-hydrogen) atoms. The molecule has 0 saturated carbocycles. The SMILES string of the molecule is CCOC(=O)[C@@H](C)N(C(=O)OCc1ccccc1)S(=O)(=O)c1ccccc1[N+](=O)[O-]. The van der Waals surface area contributed by atoms with E-state index in [1.54, 1.807) is 30.3 Å². The fourth-order valence-corrected chi connectivity index (χ4v) is 4.16. The summed E-state index contributed by atoms with van der Waals surface area (Å²) in [6.07, 6.45) is -1.36. The highest BCUT2D eigenvalue weighted by Crippen LogP contribution is 2.28. The van der Waals surface area contributed by atoms with Gasteiger partial charge in [-0.05, 0) is 25.5 Å². The molecule has 0 heterocycles. The minimum absolute atomic E-state index is 0.0540. The summed E-state index contributed by atoms with van der Waals surface area (Å²) in [5.74, 6) is -1.00. The molecule has 0 aliphatic heterocycles. The first-order valence-corrected chi connectivity index (χ1v) is 10.3. The molecule has 0 aliphatic rings. The number of sulfonamides is 1. The highest BCUT2D eigenvalue weighted by atomic mass is 32.2. The van der Waals surface area contributed by atoms with Crippen molar-refractivity contribution in [3.63, 3.8) is 0 Å². The van der Waals surface area contributed by atoms with E-state index in [-0.39, 0.29) is 17.5 Å². The molecule has 160 valence electrons. The molecule has 0 bridgehead atoms. The summed E-state index contributed by atoms with van der Waals surface area (Å²) >= 11 is 0. The van der Waals surface area contributed by atoms with E-state index in [0.29, 0.717) is 5.56 Å². The third-order valence-electron chi connectivity index (χ3n) is 3.96. The van der Waals surface area contributed by atoms with E-state index in [9.17, 15) is 28.1 Å². The summed E-state index contributed by atoms with van der Waals surface area (Å²) in [5, 5.41) is 11.3. The maximum Gasteiger partial charge on any atom is 0.424 e. The average Bonchev–Trinajstić information content (AvgIpc) is 2.73. The van der Waals surface area contributed by atoms with E-state index in [0.717, 1.165) is 19.1 Å². The van der Waals surface area contributed by atoms with Crippen LogP contribution in [0.1, 0.15) is 19.4 Å². The number of nitro benzene ring substituents is 1. The summed E-state index contributed by atoms with van der Waals surface area (Å²) in [5.41, 5.74) is -0.160. The first-order chi connectivity index (χ1) is 14.2. The molecule has 1 atom stereocenters. The molecular weight excluding hydrogens is 416 g/mol. The summed E-state index contributed by atoms with van der Waals surface area (Å²) in [6, 6.07) is 11.4. The quantitative estimate of drug-likeness (QED) is 0.350. The van der Waals surface area contributed by atoms with E-state index in [2.05, 4.69) is 0 Å². The summed E-state index contributed by atoms with van der Waals surface area (Å²) < 4.78 is 36.4. The molecule has 1 amide bonds. The van der Waals surface area contributed by atoms with Gasteiger partial charge in [0.15, 0.2) is 4.90 Å². The molecule has 0 N–H and O–H groups in total. The van der Waals surface area contributed by atoms with Gasteiger partial charge in [0.05, 0.1) is 11.5 Å². The highest BCUT2D eigenvalue weighted by Gasteiger charge is 2.42. The average molecular weight is 436 g/mol. The van der Waals surface area contributed by atoms with Gasteiger partial charge in [0.1, 0.15) is 12.6 Å². The number of rotatable bonds is 8. The highest BCUT2D eigenvalue weighted by molar-refractivity contribution is 7.89. The molecule has 0 radical (unpaired) electrons. The van der Waals surface area contributed by atoms with Crippen LogP contribution in [0.5, 0.6) is 0 Å². The fraction of sp³-hybridized carbons (Fsp3) is 0.263. The molecule has 0 unspecified atom stereocenters. The zero-order chi connectivity index (χ0) is 22.3. The number of esters is 1. The second kappa shape index (κ2) is 9.83. The first-order valence-electron chi connectivity index (χ1n) is 8.85. The van der Waals surface area contributed by atoms with Crippen molar-refractivity contribution < 1.29 is 32.4 Å². The van der Waals surface area contributed by atoms with Crippen molar-refractivity contribution in [2.75, 3.05) is 6.61 Å². The number of nitrogens with zero attached hydrogens (tertiary/aromatic N) is 2. The van der Waals surface area contributed by atoms with Crippen LogP contribution in [-0.4, -0.2) is 42.4 Å². The van der Waals surface area contributed by atoms with Gasteiger partial charge in [-0.2, -0.15) is 4.31 Å². The Balaban J connectivity index is 2.46. The van der Waals surface area contributed by atoms with Gasteiger partial charge in [0.2, 0.25) is 0 Å². The molecule has 0 aromatic heterocycles.